The van der Waals surface area contributed by atoms with Crippen molar-refractivity contribution in [2.75, 3.05) is 26.3 Å². The summed E-state index contributed by atoms with van der Waals surface area (Å²) in [6.07, 6.45) is 1.45. The highest BCUT2D eigenvalue weighted by Crippen LogP contribution is 2.20. The van der Waals surface area contributed by atoms with Crippen LogP contribution in [0.15, 0.2) is 36.0 Å². The van der Waals surface area contributed by atoms with Gasteiger partial charge in [-0.05, 0) is 12.5 Å². The highest BCUT2D eigenvalue weighted by Gasteiger charge is 2.34. The van der Waals surface area contributed by atoms with E-state index in [1.165, 1.54) is 11.0 Å². The van der Waals surface area contributed by atoms with Crippen molar-refractivity contribution in [2.24, 2.45) is 0 Å². The Labute approximate surface area is 123 Å². The van der Waals surface area contributed by atoms with Crippen molar-refractivity contribution in [1.82, 2.24) is 9.80 Å². The molecular weight excluding hydrogens is 268 g/mol. The number of rotatable bonds is 3. The first-order valence-corrected chi connectivity index (χ1v) is 7.11. The summed E-state index contributed by atoms with van der Waals surface area (Å²) in [5.41, 5.74) is 2.61. The first-order chi connectivity index (χ1) is 10.1. The Morgan fingerprint density at radius 2 is 1.76 bits per heavy atom. The highest BCUT2D eigenvalue weighted by molar-refractivity contribution is 6.15. The third kappa shape index (κ3) is 2.83. The highest BCUT2D eigenvalue weighted by atomic mass is 16.5. The summed E-state index contributed by atoms with van der Waals surface area (Å²) in [6.45, 7) is 4.83. The summed E-state index contributed by atoms with van der Waals surface area (Å²) >= 11 is 0. The van der Waals surface area contributed by atoms with Crippen LogP contribution in [0.5, 0.6) is 0 Å². The van der Waals surface area contributed by atoms with E-state index in [1.807, 2.05) is 36.1 Å². The Bertz CT molecular complexity index is 586. The van der Waals surface area contributed by atoms with E-state index in [0.29, 0.717) is 38.5 Å². The number of imide groups is 1. The lowest BCUT2D eigenvalue weighted by atomic mass is 10.1. The number of benzene rings is 1. The fourth-order valence-electron chi connectivity index (χ4n) is 2.55. The van der Waals surface area contributed by atoms with Crippen LogP contribution in [-0.2, 0) is 20.9 Å². The number of amides is 2. The maximum atomic E-state index is 12.4. The third-order valence-electron chi connectivity index (χ3n) is 3.80. The molecule has 1 fully saturated rings. The van der Waals surface area contributed by atoms with Gasteiger partial charge in [-0.2, -0.15) is 0 Å². The number of aryl methyl sites for hydroxylation is 1. The molecule has 3 rings (SSSR count). The van der Waals surface area contributed by atoms with Crippen LogP contribution in [0.25, 0.3) is 0 Å². The van der Waals surface area contributed by atoms with E-state index < -0.39 is 0 Å². The first-order valence-electron chi connectivity index (χ1n) is 7.11. The molecule has 2 aliphatic rings. The van der Waals surface area contributed by atoms with Gasteiger partial charge in [0, 0.05) is 19.2 Å². The van der Waals surface area contributed by atoms with Crippen molar-refractivity contribution in [3.05, 3.63) is 47.2 Å². The number of nitrogens with zero attached hydrogens (tertiary/aromatic N) is 2. The van der Waals surface area contributed by atoms with Crippen LogP contribution in [0.1, 0.15) is 11.1 Å². The Morgan fingerprint density at radius 1 is 1.10 bits per heavy atom. The summed E-state index contributed by atoms with van der Waals surface area (Å²) in [6, 6.07) is 7.86. The van der Waals surface area contributed by atoms with E-state index in [-0.39, 0.29) is 11.8 Å². The van der Waals surface area contributed by atoms with E-state index in [9.17, 15) is 9.59 Å². The number of morpholine rings is 1. The normalized spacial score (nSPS) is 19.2. The zero-order chi connectivity index (χ0) is 14.8. The molecule has 5 heteroatoms. The van der Waals surface area contributed by atoms with E-state index in [0.717, 1.165) is 11.1 Å². The van der Waals surface area contributed by atoms with Gasteiger partial charge in [0.05, 0.1) is 19.8 Å². The van der Waals surface area contributed by atoms with Crippen molar-refractivity contribution >= 4 is 11.8 Å². The van der Waals surface area contributed by atoms with Gasteiger partial charge in [-0.1, -0.05) is 29.8 Å². The predicted octanol–water partition coefficient (Wildman–Crippen LogP) is 1.08. The van der Waals surface area contributed by atoms with Crippen LogP contribution in [-0.4, -0.2) is 47.9 Å². The smallest absolute Gasteiger partial charge is 0.277 e. The lowest BCUT2D eigenvalue weighted by molar-refractivity contribution is -0.138. The van der Waals surface area contributed by atoms with Crippen molar-refractivity contribution in [2.45, 2.75) is 13.5 Å². The summed E-state index contributed by atoms with van der Waals surface area (Å²) in [7, 11) is 0. The number of carbonyl (C=O) groups is 2. The number of ether oxygens (including phenoxy) is 1. The average molecular weight is 286 g/mol. The molecule has 2 amide bonds. The zero-order valence-electron chi connectivity index (χ0n) is 12.0. The van der Waals surface area contributed by atoms with Crippen LogP contribution < -0.4 is 0 Å². The third-order valence-corrected chi connectivity index (χ3v) is 3.80. The molecule has 1 saturated heterocycles. The minimum Gasteiger partial charge on any atom is -0.378 e. The summed E-state index contributed by atoms with van der Waals surface area (Å²) in [4.78, 5) is 27.8. The Morgan fingerprint density at radius 3 is 2.43 bits per heavy atom. The van der Waals surface area contributed by atoms with Gasteiger partial charge in [-0.3, -0.25) is 14.5 Å². The van der Waals surface area contributed by atoms with E-state index in [4.69, 9.17) is 4.74 Å². The maximum Gasteiger partial charge on any atom is 0.277 e. The van der Waals surface area contributed by atoms with E-state index in [2.05, 4.69) is 0 Å². The fraction of sp³-hybridized carbons (Fsp3) is 0.375. The standard InChI is InChI=1S/C16H18N2O3/c1-12-2-4-13(5-3-12)11-18-15(19)10-14(16(18)20)17-6-8-21-9-7-17/h2-5,10H,6-9,11H2,1H3. The number of carbonyl (C=O) groups excluding carboxylic acids is 2. The second-order valence-electron chi connectivity index (χ2n) is 5.34. The molecule has 21 heavy (non-hydrogen) atoms. The Kier molecular flexibility index (Phi) is 3.75. The molecule has 2 aliphatic heterocycles. The molecule has 0 aromatic heterocycles. The largest absolute Gasteiger partial charge is 0.378 e. The SMILES string of the molecule is Cc1ccc(CN2C(=O)C=C(N3CCOCC3)C2=O)cc1. The lowest BCUT2D eigenvalue weighted by Crippen LogP contribution is -2.40. The minimum atomic E-state index is -0.234. The Balaban J connectivity index is 1.72. The van der Waals surface area contributed by atoms with Crippen LogP contribution in [0.3, 0.4) is 0 Å². The first kappa shape index (κ1) is 13.8. The topological polar surface area (TPSA) is 49.9 Å². The molecule has 0 unspecified atom stereocenters. The molecule has 1 aromatic rings. The van der Waals surface area contributed by atoms with Gasteiger partial charge >= 0.3 is 0 Å². The van der Waals surface area contributed by atoms with Crippen molar-refractivity contribution in [3.63, 3.8) is 0 Å². The van der Waals surface area contributed by atoms with Gasteiger partial charge in [0.25, 0.3) is 11.8 Å². The minimum absolute atomic E-state index is 0.206. The van der Waals surface area contributed by atoms with Crippen molar-refractivity contribution in [1.29, 1.82) is 0 Å². The molecule has 1 aromatic carbocycles. The van der Waals surface area contributed by atoms with E-state index in [1.54, 1.807) is 0 Å². The summed E-state index contributed by atoms with van der Waals surface area (Å²) in [5, 5.41) is 0. The molecule has 0 N–H and O–H groups in total. The molecule has 0 atom stereocenters. The molecule has 0 aliphatic carbocycles. The number of hydrogen-bond acceptors (Lipinski definition) is 4. The van der Waals surface area contributed by atoms with Crippen LogP contribution in [0, 0.1) is 6.92 Å². The molecule has 0 bridgehead atoms. The van der Waals surface area contributed by atoms with Gasteiger partial charge in [0.1, 0.15) is 5.70 Å². The van der Waals surface area contributed by atoms with Gasteiger partial charge < -0.3 is 9.64 Å². The molecule has 5 nitrogen and oxygen atoms in total. The second-order valence-corrected chi connectivity index (χ2v) is 5.34. The monoisotopic (exact) mass is 286 g/mol. The summed E-state index contributed by atoms with van der Waals surface area (Å²) < 4.78 is 5.28. The zero-order valence-corrected chi connectivity index (χ0v) is 12.0. The molecule has 0 spiro atoms. The van der Waals surface area contributed by atoms with Gasteiger partial charge in [0.2, 0.25) is 0 Å². The quantitative estimate of drug-likeness (QED) is 0.780. The Hall–Kier alpha value is -2.14. The van der Waals surface area contributed by atoms with Gasteiger partial charge in [0.15, 0.2) is 0 Å². The maximum absolute atomic E-state index is 12.4. The molecule has 110 valence electrons. The van der Waals surface area contributed by atoms with Crippen LogP contribution in [0.2, 0.25) is 0 Å². The fourth-order valence-corrected chi connectivity index (χ4v) is 2.55. The molecule has 0 saturated carbocycles. The predicted molar refractivity (Wildman–Crippen MR) is 77.2 cm³/mol. The van der Waals surface area contributed by atoms with Crippen molar-refractivity contribution < 1.29 is 14.3 Å². The summed E-state index contributed by atoms with van der Waals surface area (Å²) in [5.74, 6) is -0.440. The molecule has 0 radical (unpaired) electrons. The van der Waals surface area contributed by atoms with Gasteiger partial charge in [-0.25, -0.2) is 0 Å². The van der Waals surface area contributed by atoms with Crippen LogP contribution >= 0.6 is 0 Å². The average Bonchev–Trinajstić information content (AvgIpc) is 2.78. The van der Waals surface area contributed by atoms with E-state index >= 15 is 0 Å². The molecular formula is C16H18N2O3. The van der Waals surface area contributed by atoms with Crippen molar-refractivity contribution in [3.8, 4) is 0 Å². The lowest BCUT2D eigenvalue weighted by Gasteiger charge is -2.29. The van der Waals surface area contributed by atoms with Crippen LogP contribution in [0.4, 0.5) is 0 Å². The number of hydrogen-bond donors (Lipinski definition) is 0. The second kappa shape index (κ2) is 5.69. The molecule has 2 heterocycles. The van der Waals surface area contributed by atoms with Gasteiger partial charge in [-0.15, -0.1) is 0 Å².